The van der Waals surface area contributed by atoms with Gasteiger partial charge in [0.1, 0.15) is 5.69 Å². The number of carboxylic acid groups (broad SMARTS) is 1. The molecule has 0 amide bonds. The lowest BCUT2D eigenvalue weighted by Gasteiger charge is -2.10. The molecule has 0 aliphatic carbocycles. The van der Waals surface area contributed by atoms with Crippen LogP contribution in [0.15, 0.2) is 40.9 Å². The zero-order valence-electron chi connectivity index (χ0n) is 10.6. The molecule has 0 aliphatic heterocycles. The van der Waals surface area contributed by atoms with Crippen LogP contribution in [0.3, 0.4) is 0 Å². The molecule has 1 aromatic heterocycles. The van der Waals surface area contributed by atoms with Gasteiger partial charge in [0.15, 0.2) is 10.8 Å². The fourth-order valence-corrected chi connectivity index (χ4v) is 2.04. The number of benzene rings is 1. The highest BCUT2D eigenvalue weighted by Gasteiger charge is 2.22. The van der Waals surface area contributed by atoms with E-state index in [1.165, 1.54) is 5.38 Å². The van der Waals surface area contributed by atoms with Crippen LogP contribution in [0.5, 0.6) is 0 Å². The Bertz CT molecular complexity index is 669. The molecule has 0 spiro atoms. The van der Waals surface area contributed by atoms with Gasteiger partial charge in [0, 0.05) is 10.9 Å². The minimum absolute atomic E-state index is 0.185. The van der Waals surface area contributed by atoms with Gasteiger partial charge in [-0.3, -0.25) is 4.79 Å². The number of hydrogen-bond donors (Lipinski definition) is 2. The minimum atomic E-state index is -1.33. The smallest absolute Gasteiger partial charge is 0.352 e. The monoisotopic (exact) mass is 304 g/mol. The van der Waals surface area contributed by atoms with E-state index in [2.05, 4.69) is 10.1 Å². The van der Waals surface area contributed by atoms with Crippen molar-refractivity contribution in [2.75, 3.05) is 5.73 Å². The molecular weight excluding hydrogens is 294 g/mol. The zero-order valence-corrected chi connectivity index (χ0v) is 11.4. The summed E-state index contributed by atoms with van der Waals surface area (Å²) in [5.74, 6) is -1.23. The number of carbonyl (C=O) groups is 1. The van der Waals surface area contributed by atoms with Gasteiger partial charge in [-0.1, -0.05) is 35.5 Å². The van der Waals surface area contributed by atoms with Gasteiger partial charge in [-0.05, 0) is 0 Å². The summed E-state index contributed by atoms with van der Waals surface area (Å²) in [7, 11) is 0. The van der Waals surface area contributed by atoms with Gasteiger partial charge in [-0.2, -0.15) is 0 Å². The summed E-state index contributed by atoms with van der Waals surface area (Å²) in [5, 5.41) is 14.4. The number of carboxylic acids is 1. The molecule has 0 aliphatic rings. The van der Waals surface area contributed by atoms with E-state index in [0.717, 1.165) is 11.3 Å². The Morgan fingerprint density at radius 1 is 1.43 bits per heavy atom. The van der Waals surface area contributed by atoms with Gasteiger partial charge in [-0.25, -0.2) is 9.78 Å². The highest BCUT2D eigenvalue weighted by Crippen LogP contribution is 2.18. The quantitative estimate of drug-likeness (QED) is 0.615. The molecule has 107 valence electrons. The molecule has 1 heterocycles. The van der Waals surface area contributed by atoms with E-state index in [9.17, 15) is 9.59 Å². The molecule has 0 saturated carbocycles. The van der Waals surface area contributed by atoms with E-state index in [-0.39, 0.29) is 16.5 Å². The summed E-state index contributed by atoms with van der Waals surface area (Å²) in [5.41, 5.74) is 5.79. The van der Waals surface area contributed by atoms with Crippen molar-refractivity contribution in [1.82, 2.24) is 4.98 Å². The molecule has 0 bridgehead atoms. The lowest BCUT2D eigenvalue weighted by Crippen LogP contribution is -2.15. The first-order valence-corrected chi connectivity index (χ1v) is 6.61. The molecule has 3 N–H and O–H groups in total. The second-order valence-electron chi connectivity index (χ2n) is 3.85. The Hall–Kier alpha value is -2.74. The summed E-state index contributed by atoms with van der Waals surface area (Å²) in [4.78, 5) is 30.9. The summed E-state index contributed by atoms with van der Waals surface area (Å²) in [6.07, 6.45) is 0.220. The summed E-state index contributed by atoms with van der Waals surface area (Å²) in [6.45, 7) is 0. The fraction of sp³-hybridized carbons (Fsp3) is 0.0769. The van der Waals surface area contributed by atoms with Crippen LogP contribution in [0, 0.1) is 0 Å². The van der Waals surface area contributed by atoms with Crippen LogP contribution in [0.2, 0.25) is 0 Å². The molecule has 2 rings (SSSR count). The van der Waals surface area contributed by atoms with E-state index in [1.54, 1.807) is 36.6 Å². The number of aromatic nitrogens is 1. The number of nitrogens with zero attached hydrogens (tertiary/aromatic N) is 2. The number of hydrogen-bond acceptors (Lipinski definition) is 7. The number of carbonyl (C=O) groups excluding carboxylic acids is 1. The highest BCUT2D eigenvalue weighted by atomic mass is 32.1. The van der Waals surface area contributed by atoms with Crippen molar-refractivity contribution in [2.24, 2.45) is 5.16 Å². The standard InChI is InChI=1S/C13H10N3O4S/c14-13-15-10(7-21-13)9(6-17)16-20-11(12(18)19)8-4-2-1-3-5-8/h1-5,7,11H,(H2,14,15)(H,18,19). The van der Waals surface area contributed by atoms with Crippen molar-refractivity contribution < 1.29 is 19.5 Å². The van der Waals surface area contributed by atoms with E-state index < -0.39 is 12.1 Å². The van der Waals surface area contributed by atoms with E-state index in [1.807, 2.05) is 0 Å². The third kappa shape index (κ3) is 3.63. The molecule has 0 saturated heterocycles. The highest BCUT2D eigenvalue weighted by molar-refractivity contribution is 7.13. The maximum absolute atomic E-state index is 11.2. The topological polar surface area (TPSA) is 115 Å². The largest absolute Gasteiger partial charge is 0.478 e. The first-order chi connectivity index (χ1) is 10.1. The number of nitrogen functional groups attached to an aromatic ring is 1. The van der Waals surface area contributed by atoms with Crippen molar-refractivity contribution >= 4 is 34.4 Å². The fourth-order valence-electron chi connectivity index (χ4n) is 1.50. The molecule has 21 heavy (non-hydrogen) atoms. The first-order valence-electron chi connectivity index (χ1n) is 5.73. The number of rotatable bonds is 6. The third-order valence-electron chi connectivity index (χ3n) is 2.44. The van der Waals surface area contributed by atoms with E-state index in [0.29, 0.717) is 5.56 Å². The van der Waals surface area contributed by atoms with Crippen LogP contribution in [0.1, 0.15) is 17.4 Å². The average molecular weight is 304 g/mol. The van der Waals surface area contributed by atoms with Crippen molar-refractivity contribution in [1.29, 1.82) is 0 Å². The Labute approximate surface area is 123 Å². The maximum atomic E-state index is 11.2. The molecule has 1 atom stereocenters. The minimum Gasteiger partial charge on any atom is -0.478 e. The molecule has 8 heteroatoms. The number of nitrogens with two attached hydrogens (primary N) is 1. The lowest BCUT2D eigenvalue weighted by molar-refractivity contribution is -0.150. The molecular formula is C13H10N3O4S. The predicted octanol–water partition coefficient (Wildman–Crippen LogP) is 1.38. The van der Waals surface area contributed by atoms with E-state index >= 15 is 0 Å². The average Bonchev–Trinajstić information content (AvgIpc) is 2.90. The van der Waals surface area contributed by atoms with Gasteiger partial charge in [-0.15, -0.1) is 11.3 Å². The Kier molecular flexibility index (Phi) is 4.62. The van der Waals surface area contributed by atoms with Gasteiger partial charge in [0.2, 0.25) is 6.10 Å². The molecule has 1 radical (unpaired) electrons. The molecule has 0 fully saturated rings. The number of oxime groups is 1. The molecule has 2 aromatic rings. The number of aliphatic carboxylic acids is 1. The van der Waals surface area contributed by atoms with Crippen molar-refractivity contribution in [3.05, 3.63) is 47.0 Å². The second kappa shape index (κ2) is 6.62. The van der Waals surface area contributed by atoms with Gasteiger partial charge >= 0.3 is 5.97 Å². The van der Waals surface area contributed by atoms with Gasteiger partial charge in [0.05, 0.1) is 0 Å². The Morgan fingerprint density at radius 3 is 2.67 bits per heavy atom. The second-order valence-corrected chi connectivity index (χ2v) is 4.74. The summed E-state index contributed by atoms with van der Waals surface area (Å²) in [6, 6.07) is 8.26. The van der Waals surface area contributed by atoms with Crippen molar-refractivity contribution in [3.63, 3.8) is 0 Å². The molecule has 1 aromatic carbocycles. The van der Waals surface area contributed by atoms with Gasteiger partial charge in [0.25, 0.3) is 6.29 Å². The first kappa shape index (κ1) is 14.7. The number of thiazole rings is 1. The van der Waals surface area contributed by atoms with Crippen LogP contribution in [0.4, 0.5) is 5.13 Å². The van der Waals surface area contributed by atoms with Crippen molar-refractivity contribution in [3.8, 4) is 0 Å². The van der Waals surface area contributed by atoms with Crippen molar-refractivity contribution in [2.45, 2.75) is 6.10 Å². The summed E-state index contributed by atoms with van der Waals surface area (Å²) >= 11 is 1.12. The van der Waals surface area contributed by atoms with Gasteiger partial charge < -0.3 is 15.7 Å². The maximum Gasteiger partial charge on any atom is 0.352 e. The number of anilines is 1. The predicted molar refractivity (Wildman–Crippen MR) is 76.7 cm³/mol. The van der Waals surface area contributed by atoms with Crippen LogP contribution >= 0.6 is 11.3 Å². The van der Waals surface area contributed by atoms with Crippen LogP contribution in [-0.4, -0.2) is 28.1 Å². The SMILES string of the molecule is Nc1nc(C([C]=O)=NOC(C(=O)O)c2ccccc2)cs1. The Morgan fingerprint density at radius 2 is 2.14 bits per heavy atom. The Balaban J connectivity index is 2.23. The summed E-state index contributed by atoms with van der Waals surface area (Å²) < 4.78 is 0. The molecule has 7 nitrogen and oxygen atoms in total. The third-order valence-corrected chi connectivity index (χ3v) is 3.11. The van der Waals surface area contributed by atoms with E-state index in [4.69, 9.17) is 15.7 Å². The molecule has 1 unspecified atom stereocenters. The lowest BCUT2D eigenvalue weighted by atomic mass is 10.1. The van der Waals surface area contributed by atoms with Crippen LogP contribution in [0.25, 0.3) is 0 Å². The van der Waals surface area contributed by atoms with Crippen LogP contribution < -0.4 is 5.73 Å². The zero-order chi connectivity index (χ0) is 15.2. The van der Waals surface area contributed by atoms with Crippen LogP contribution in [-0.2, 0) is 14.4 Å². The normalized spacial score (nSPS) is 12.7.